The van der Waals surface area contributed by atoms with Gasteiger partial charge in [-0.3, -0.25) is 4.98 Å². The predicted molar refractivity (Wildman–Crippen MR) is 69.2 cm³/mol. The number of hydrogen-bond acceptors (Lipinski definition) is 2. The van der Waals surface area contributed by atoms with Gasteiger partial charge in [0.15, 0.2) is 0 Å². The zero-order chi connectivity index (χ0) is 12.4. The summed E-state index contributed by atoms with van der Waals surface area (Å²) < 4.78 is 0. The molecular formula is C14H14ClNO. The molecule has 2 aromatic rings. The molecule has 88 valence electrons. The molecule has 1 atom stereocenters. The summed E-state index contributed by atoms with van der Waals surface area (Å²) in [4.78, 5) is 4.18. The Morgan fingerprint density at radius 3 is 2.41 bits per heavy atom. The van der Waals surface area contributed by atoms with Crippen molar-refractivity contribution in [3.63, 3.8) is 0 Å². The molecule has 0 spiro atoms. The Labute approximate surface area is 106 Å². The highest BCUT2D eigenvalue weighted by Gasteiger charge is 2.11. The third-order valence-electron chi connectivity index (χ3n) is 2.75. The number of aliphatic hydroxyl groups is 1. The van der Waals surface area contributed by atoms with Crippen LogP contribution in [0.15, 0.2) is 36.5 Å². The van der Waals surface area contributed by atoms with Crippen LogP contribution in [0.4, 0.5) is 0 Å². The Morgan fingerprint density at radius 2 is 1.82 bits per heavy atom. The third-order valence-corrected chi connectivity index (χ3v) is 3.17. The first-order valence-corrected chi connectivity index (χ1v) is 5.82. The molecule has 1 unspecified atom stereocenters. The van der Waals surface area contributed by atoms with E-state index < -0.39 is 6.10 Å². The van der Waals surface area contributed by atoms with Crippen LogP contribution < -0.4 is 0 Å². The van der Waals surface area contributed by atoms with E-state index in [1.807, 2.05) is 38.1 Å². The largest absolute Gasteiger partial charge is 0.384 e. The van der Waals surface area contributed by atoms with E-state index in [1.54, 1.807) is 12.3 Å². The number of aromatic nitrogens is 1. The average Bonchev–Trinajstić information content (AvgIpc) is 2.33. The van der Waals surface area contributed by atoms with E-state index in [-0.39, 0.29) is 0 Å². The van der Waals surface area contributed by atoms with Crippen LogP contribution in [-0.2, 0) is 0 Å². The van der Waals surface area contributed by atoms with Crippen molar-refractivity contribution in [1.82, 2.24) is 4.98 Å². The van der Waals surface area contributed by atoms with Gasteiger partial charge < -0.3 is 5.11 Å². The molecule has 0 fully saturated rings. The highest BCUT2D eigenvalue weighted by molar-refractivity contribution is 6.31. The highest BCUT2D eigenvalue weighted by Crippen LogP contribution is 2.25. The molecule has 0 aliphatic rings. The Morgan fingerprint density at radius 1 is 1.12 bits per heavy atom. The lowest BCUT2D eigenvalue weighted by Gasteiger charge is -2.12. The van der Waals surface area contributed by atoms with E-state index in [0.29, 0.717) is 5.02 Å². The zero-order valence-corrected chi connectivity index (χ0v) is 10.6. The van der Waals surface area contributed by atoms with Gasteiger partial charge in [-0.25, -0.2) is 0 Å². The van der Waals surface area contributed by atoms with Gasteiger partial charge in [0.1, 0.15) is 6.10 Å². The Bertz CT molecular complexity index is 522. The van der Waals surface area contributed by atoms with Gasteiger partial charge >= 0.3 is 0 Å². The van der Waals surface area contributed by atoms with Crippen molar-refractivity contribution in [1.29, 1.82) is 0 Å². The average molecular weight is 248 g/mol. The second kappa shape index (κ2) is 4.86. The molecule has 0 saturated carbocycles. The van der Waals surface area contributed by atoms with Crippen molar-refractivity contribution < 1.29 is 5.11 Å². The van der Waals surface area contributed by atoms with Crippen molar-refractivity contribution in [3.8, 4) is 0 Å². The maximum Gasteiger partial charge on any atom is 0.106 e. The van der Waals surface area contributed by atoms with Crippen molar-refractivity contribution in [2.75, 3.05) is 0 Å². The summed E-state index contributed by atoms with van der Waals surface area (Å²) in [6, 6.07) is 9.31. The molecule has 1 heterocycles. The second-order valence-electron chi connectivity index (χ2n) is 4.14. The topological polar surface area (TPSA) is 33.1 Å². The molecule has 1 aromatic carbocycles. The lowest BCUT2D eigenvalue weighted by atomic mass is 10.0. The number of halogens is 1. The van der Waals surface area contributed by atoms with Gasteiger partial charge in [0.2, 0.25) is 0 Å². The Balaban J connectivity index is 2.33. The quantitative estimate of drug-likeness (QED) is 0.882. The summed E-state index contributed by atoms with van der Waals surface area (Å²) in [5, 5.41) is 10.9. The lowest BCUT2D eigenvalue weighted by molar-refractivity contribution is 0.220. The van der Waals surface area contributed by atoms with E-state index in [1.165, 1.54) is 0 Å². The number of benzene rings is 1. The molecule has 1 N–H and O–H groups in total. The van der Waals surface area contributed by atoms with Crippen molar-refractivity contribution in [2.45, 2.75) is 20.0 Å². The standard InChI is InChI=1S/C14H14ClNO/c1-9-7-11(5-6-13(9)15)14(17)12-4-3-10(2)16-8-12/h3-8,14,17H,1-2H3. The van der Waals surface area contributed by atoms with Gasteiger partial charge in [-0.05, 0) is 37.1 Å². The molecule has 0 radical (unpaired) electrons. The number of aryl methyl sites for hydroxylation is 2. The van der Waals surface area contributed by atoms with Crippen LogP contribution >= 0.6 is 11.6 Å². The molecular weight excluding hydrogens is 234 g/mol. The SMILES string of the molecule is Cc1ccc(C(O)c2ccc(Cl)c(C)c2)cn1. The van der Waals surface area contributed by atoms with Crippen LogP contribution in [-0.4, -0.2) is 10.1 Å². The summed E-state index contributed by atoms with van der Waals surface area (Å²) in [5.74, 6) is 0. The first kappa shape index (κ1) is 12.1. The fraction of sp³-hybridized carbons (Fsp3) is 0.214. The van der Waals surface area contributed by atoms with Gasteiger partial charge in [0.05, 0.1) is 0 Å². The van der Waals surface area contributed by atoms with Crippen molar-refractivity contribution in [3.05, 3.63) is 63.9 Å². The van der Waals surface area contributed by atoms with Crippen LogP contribution in [0.3, 0.4) is 0 Å². The van der Waals surface area contributed by atoms with Crippen LogP contribution in [0.2, 0.25) is 5.02 Å². The molecule has 3 heteroatoms. The highest BCUT2D eigenvalue weighted by atomic mass is 35.5. The molecule has 0 amide bonds. The number of hydrogen-bond donors (Lipinski definition) is 1. The summed E-state index contributed by atoms with van der Waals surface area (Å²) >= 11 is 5.96. The molecule has 0 aliphatic heterocycles. The minimum Gasteiger partial charge on any atom is -0.384 e. The maximum atomic E-state index is 10.2. The van der Waals surface area contributed by atoms with Crippen molar-refractivity contribution >= 4 is 11.6 Å². The van der Waals surface area contributed by atoms with Crippen molar-refractivity contribution in [2.24, 2.45) is 0 Å². The Kier molecular flexibility index (Phi) is 3.46. The van der Waals surface area contributed by atoms with E-state index in [4.69, 9.17) is 11.6 Å². The number of aliphatic hydroxyl groups excluding tert-OH is 1. The van der Waals surface area contributed by atoms with Gasteiger partial charge in [-0.1, -0.05) is 29.8 Å². The van der Waals surface area contributed by atoms with Gasteiger partial charge in [-0.2, -0.15) is 0 Å². The van der Waals surface area contributed by atoms with E-state index in [9.17, 15) is 5.11 Å². The van der Waals surface area contributed by atoms with Crippen LogP contribution in [0.5, 0.6) is 0 Å². The Hall–Kier alpha value is -1.38. The number of rotatable bonds is 2. The fourth-order valence-electron chi connectivity index (χ4n) is 1.67. The summed E-state index contributed by atoms with van der Waals surface area (Å²) in [6.07, 6.45) is 1.04. The monoisotopic (exact) mass is 247 g/mol. The second-order valence-corrected chi connectivity index (χ2v) is 4.55. The minimum absolute atomic E-state index is 0.654. The number of pyridine rings is 1. The van der Waals surface area contributed by atoms with E-state index in [2.05, 4.69) is 4.98 Å². The van der Waals surface area contributed by atoms with Crippen LogP contribution in [0.25, 0.3) is 0 Å². The summed E-state index contributed by atoms with van der Waals surface area (Å²) in [5.41, 5.74) is 3.52. The van der Waals surface area contributed by atoms with E-state index in [0.717, 1.165) is 22.4 Å². The number of nitrogens with zero attached hydrogens (tertiary/aromatic N) is 1. The van der Waals surface area contributed by atoms with E-state index >= 15 is 0 Å². The molecule has 2 rings (SSSR count). The molecule has 17 heavy (non-hydrogen) atoms. The molecule has 1 aromatic heterocycles. The maximum absolute atomic E-state index is 10.2. The molecule has 2 nitrogen and oxygen atoms in total. The van der Waals surface area contributed by atoms with Gasteiger partial charge in [0, 0.05) is 22.5 Å². The fourth-order valence-corrected chi connectivity index (χ4v) is 1.79. The molecule has 0 aliphatic carbocycles. The third kappa shape index (κ3) is 2.65. The summed E-state index contributed by atoms with van der Waals surface area (Å²) in [7, 11) is 0. The first-order chi connectivity index (χ1) is 8.08. The first-order valence-electron chi connectivity index (χ1n) is 5.44. The van der Waals surface area contributed by atoms with Gasteiger partial charge in [0.25, 0.3) is 0 Å². The zero-order valence-electron chi connectivity index (χ0n) is 9.81. The smallest absolute Gasteiger partial charge is 0.106 e. The normalized spacial score (nSPS) is 12.5. The predicted octanol–water partition coefficient (Wildman–Crippen LogP) is 3.43. The molecule has 0 saturated heterocycles. The van der Waals surface area contributed by atoms with Crippen LogP contribution in [0, 0.1) is 13.8 Å². The summed E-state index contributed by atoms with van der Waals surface area (Å²) in [6.45, 7) is 3.84. The lowest BCUT2D eigenvalue weighted by Crippen LogP contribution is -2.01. The molecule has 0 bridgehead atoms. The van der Waals surface area contributed by atoms with Gasteiger partial charge in [-0.15, -0.1) is 0 Å². The minimum atomic E-state index is -0.654. The van der Waals surface area contributed by atoms with Crippen LogP contribution in [0.1, 0.15) is 28.5 Å².